The summed E-state index contributed by atoms with van der Waals surface area (Å²) in [4.78, 5) is 24.5. The van der Waals surface area contributed by atoms with Crippen LogP contribution < -0.4 is 5.32 Å². The molecule has 0 aliphatic rings. The van der Waals surface area contributed by atoms with Gasteiger partial charge in [-0.05, 0) is 18.1 Å². The first-order valence-electron chi connectivity index (χ1n) is 7.74. The lowest BCUT2D eigenvalue weighted by atomic mass is 10.0. The number of thiazole rings is 1. The first-order chi connectivity index (χ1) is 12.5. The van der Waals surface area contributed by atoms with Crippen molar-refractivity contribution in [1.29, 1.82) is 0 Å². The van der Waals surface area contributed by atoms with Gasteiger partial charge in [0.25, 0.3) is 0 Å². The van der Waals surface area contributed by atoms with Crippen molar-refractivity contribution in [2.75, 3.05) is 12.4 Å². The number of esters is 1. The zero-order valence-corrected chi connectivity index (χ0v) is 15.8. The molecule has 3 rings (SSSR count). The molecule has 0 saturated heterocycles. The van der Waals surface area contributed by atoms with Crippen molar-refractivity contribution >= 4 is 34.0 Å². The van der Waals surface area contributed by atoms with E-state index < -0.39 is 5.97 Å². The summed E-state index contributed by atoms with van der Waals surface area (Å²) >= 11 is 7.12. The van der Waals surface area contributed by atoms with E-state index in [0.29, 0.717) is 16.8 Å². The number of pyridine rings is 1. The highest BCUT2D eigenvalue weighted by Gasteiger charge is 2.26. The molecule has 26 heavy (non-hydrogen) atoms. The highest BCUT2D eigenvalue weighted by atomic mass is 35.5. The quantitative estimate of drug-likeness (QED) is 0.630. The van der Waals surface area contributed by atoms with E-state index in [0.717, 1.165) is 16.9 Å². The Morgan fingerprint density at radius 2 is 2.04 bits per heavy atom. The Morgan fingerprint density at radius 3 is 2.69 bits per heavy atom. The first kappa shape index (κ1) is 18.3. The zero-order valence-electron chi connectivity index (χ0n) is 14.3. The molecule has 10 heteroatoms. The van der Waals surface area contributed by atoms with Crippen LogP contribution >= 0.6 is 22.9 Å². The summed E-state index contributed by atoms with van der Waals surface area (Å²) in [5.41, 5.74) is 0.808. The average Bonchev–Trinajstić information content (AvgIpc) is 3.26. The maximum Gasteiger partial charge on any atom is 0.351 e. The number of aromatic nitrogens is 4. The molecule has 0 saturated carbocycles. The summed E-state index contributed by atoms with van der Waals surface area (Å²) in [7, 11) is 1.29. The third-order valence-corrected chi connectivity index (χ3v) is 4.90. The predicted molar refractivity (Wildman–Crippen MR) is 97.2 cm³/mol. The van der Waals surface area contributed by atoms with Gasteiger partial charge in [-0.15, -0.1) is 0 Å². The Morgan fingerprint density at radius 1 is 1.31 bits per heavy atom. The number of halogens is 1. The molecule has 0 radical (unpaired) electrons. The fraction of sp³-hybridized carbons (Fsp3) is 0.312. The molecule has 0 spiro atoms. The molecule has 0 aliphatic carbocycles. The molecule has 3 aromatic rings. The molecular formula is C16H16ClN5O3S. The monoisotopic (exact) mass is 393 g/mol. The van der Waals surface area contributed by atoms with Gasteiger partial charge in [-0.25, -0.2) is 9.78 Å². The molecule has 1 unspecified atom stereocenters. The molecule has 0 amide bonds. The minimum absolute atomic E-state index is 0.0925. The number of methoxy groups -OCH3 is 1. The molecule has 3 heterocycles. The fourth-order valence-electron chi connectivity index (χ4n) is 2.21. The SMILES string of the molecule is COC(=O)c1sc(NC(c2nc(-c3ccncc3)no2)C(C)C)nc1Cl. The van der Waals surface area contributed by atoms with Crippen molar-refractivity contribution in [2.24, 2.45) is 5.92 Å². The Balaban J connectivity index is 1.85. The molecule has 0 fully saturated rings. The van der Waals surface area contributed by atoms with Crippen LogP contribution in [0.15, 0.2) is 29.0 Å². The van der Waals surface area contributed by atoms with Gasteiger partial charge in [0.1, 0.15) is 6.04 Å². The van der Waals surface area contributed by atoms with Crippen LogP contribution in [0.1, 0.15) is 35.5 Å². The summed E-state index contributed by atoms with van der Waals surface area (Å²) in [5.74, 6) is 0.476. The molecule has 1 atom stereocenters. The van der Waals surface area contributed by atoms with Crippen molar-refractivity contribution in [2.45, 2.75) is 19.9 Å². The normalized spacial score (nSPS) is 12.2. The van der Waals surface area contributed by atoms with Gasteiger partial charge in [0.2, 0.25) is 11.7 Å². The number of rotatable bonds is 6. The van der Waals surface area contributed by atoms with Crippen molar-refractivity contribution < 1.29 is 14.1 Å². The van der Waals surface area contributed by atoms with E-state index in [-0.39, 0.29) is 22.0 Å². The van der Waals surface area contributed by atoms with E-state index in [1.54, 1.807) is 24.5 Å². The van der Waals surface area contributed by atoms with E-state index in [1.165, 1.54) is 7.11 Å². The standard InChI is InChI=1S/C16H16ClN5O3S/c1-8(2)10(19-16-20-12(17)11(26-16)15(23)24-3)14-21-13(22-25-14)9-4-6-18-7-5-9/h4-8,10H,1-3H3,(H,19,20). The molecule has 136 valence electrons. The number of ether oxygens (including phenoxy) is 1. The average molecular weight is 394 g/mol. The van der Waals surface area contributed by atoms with Crippen LogP contribution in [0.25, 0.3) is 11.4 Å². The molecule has 8 nitrogen and oxygen atoms in total. The van der Waals surface area contributed by atoms with E-state index >= 15 is 0 Å². The lowest BCUT2D eigenvalue weighted by Gasteiger charge is -2.17. The fourth-order valence-corrected chi connectivity index (χ4v) is 3.35. The topological polar surface area (TPSA) is 103 Å². The van der Waals surface area contributed by atoms with Gasteiger partial charge in [0, 0.05) is 18.0 Å². The van der Waals surface area contributed by atoms with Crippen molar-refractivity contribution in [1.82, 2.24) is 20.1 Å². The molecular weight excluding hydrogens is 378 g/mol. The van der Waals surface area contributed by atoms with Crippen LogP contribution in [0, 0.1) is 5.92 Å². The second-order valence-electron chi connectivity index (χ2n) is 5.69. The van der Waals surface area contributed by atoms with Gasteiger partial charge in [-0.3, -0.25) is 4.98 Å². The number of hydrogen-bond acceptors (Lipinski definition) is 9. The summed E-state index contributed by atoms with van der Waals surface area (Å²) in [6.45, 7) is 4.01. The van der Waals surface area contributed by atoms with Gasteiger partial charge < -0.3 is 14.6 Å². The van der Waals surface area contributed by atoms with Crippen LogP contribution in [0.2, 0.25) is 5.15 Å². The number of hydrogen-bond donors (Lipinski definition) is 1. The maximum absolute atomic E-state index is 11.7. The smallest absolute Gasteiger partial charge is 0.351 e. The van der Waals surface area contributed by atoms with E-state index in [4.69, 9.17) is 20.9 Å². The van der Waals surface area contributed by atoms with Gasteiger partial charge in [0.05, 0.1) is 7.11 Å². The van der Waals surface area contributed by atoms with Crippen molar-refractivity contribution in [3.63, 3.8) is 0 Å². The van der Waals surface area contributed by atoms with Gasteiger partial charge in [-0.1, -0.05) is 41.9 Å². The van der Waals surface area contributed by atoms with Crippen molar-refractivity contribution in [3.8, 4) is 11.4 Å². The molecule has 1 N–H and O–H groups in total. The Hall–Kier alpha value is -2.52. The maximum atomic E-state index is 11.7. The van der Waals surface area contributed by atoms with Gasteiger partial charge in [-0.2, -0.15) is 4.98 Å². The van der Waals surface area contributed by atoms with E-state index in [1.807, 2.05) is 13.8 Å². The van der Waals surface area contributed by atoms with Crippen LogP contribution in [0.5, 0.6) is 0 Å². The van der Waals surface area contributed by atoms with Crippen molar-refractivity contribution in [3.05, 3.63) is 40.4 Å². The van der Waals surface area contributed by atoms with Crippen LogP contribution in [-0.4, -0.2) is 33.2 Å². The minimum Gasteiger partial charge on any atom is -0.465 e. The second-order valence-corrected chi connectivity index (χ2v) is 7.05. The highest BCUT2D eigenvalue weighted by molar-refractivity contribution is 7.18. The molecule has 0 aromatic carbocycles. The number of carbonyl (C=O) groups is 1. The Labute approximate surface area is 158 Å². The largest absolute Gasteiger partial charge is 0.465 e. The van der Waals surface area contributed by atoms with Crippen LogP contribution in [-0.2, 0) is 4.74 Å². The Kier molecular flexibility index (Phi) is 5.48. The number of anilines is 1. The van der Waals surface area contributed by atoms with E-state index in [9.17, 15) is 4.79 Å². The third kappa shape index (κ3) is 3.83. The first-order valence-corrected chi connectivity index (χ1v) is 8.94. The second kappa shape index (κ2) is 7.79. The zero-order chi connectivity index (χ0) is 18.7. The lowest BCUT2D eigenvalue weighted by Crippen LogP contribution is -2.17. The molecule has 0 bridgehead atoms. The highest BCUT2D eigenvalue weighted by Crippen LogP contribution is 2.32. The minimum atomic E-state index is -0.528. The molecule has 0 aliphatic heterocycles. The van der Waals surface area contributed by atoms with Crippen LogP contribution in [0.3, 0.4) is 0 Å². The van der Waals surface area contributed by atoms with Gasteiger partial charge in [0.15, 0.2) is 15.2 Å². The molecule has 3 aromatic heterocycles. The predicted octanol–water partition coefficient (Wildman–Crippen LogP) is 3.84. The van der Waals surface area contributed by atoms with E-state index in [2.05, 4.69) is 25.4 Å². The summed E-state index contributed by atoms with van der Waals surface area (Å²) in [6.07, 6.45) is 3.32. The Bertz CT molecular complexity index is 896. The number of carbonyl (C=O) groups excluding carboxylic acids is 1. The third-order valence-electron chi connectivity index (χ3n) is 3.55. The van der Waals surface area contributed by atoms with Crippen LogP contribution in [0.4, 0.5) is 5.13 Å². The summed E-state index contributed by atoms with van der Waals surface area (Å²) in [5, 5.41) is 7.79. The number of nitrogens with zero attached hydrogens (tertiary/aromatic N) is 4. The summed E-state index contributed by atoms with van der Waals surface area (Å²) in [6, 6.07) is 3.30. The summed E-state index contributed by atoms with van der Waals surface area (Å²) < 4.78 is 10.1. The lowest BCUT2D eigenvalue weighted by molar-refractivity contribution is 0.0606. The van der Waals surface area contributed by atoms with Gasteiger partial charge >= 0.3 is 5.97 Å². The number of nitrogens with one attached hydrogen (secondary N) is 1.